The summed E-state index contributed by atoms with van der Waals surface area (Å²) in [5.41, 5.74) is 1.12. The van der Waals surface area contributed by atoms with E-state index >= 15 is 0 Å². The van der Waals surface area contributed by atoms with E-state index in [-0.39, 0.29) is 18.4 Å². The van der Waals surface area contributed by atoms with E-state index in [1.165, 1.54) is 0 Å². The summed E-state index contributed by atoms with van der Waals surface area (Å²) in [5.74, 6) is 0.485. The van der Waals surface area contributed by atoms with Gasteiger partial charge in [-0.3, -0.25) is 9.59 Å². The van der Waals surface area contributed by atoms with Gasteiger partial charge in [0.1, 0.15) is 18.9 Å². The SMILES string of the molecule is C=CCOc1ccc(C[NH+](C)CC(=O)NCC(=O)NCC)cc1. The molecular formula is C17H26N3O3+. The lowest BCUT2D eigenvalue weighted by atomic mass is 10.2. The molecule has 0 heterocycles. The maximum Gasteiger partial charge on any atom is 0.275 e. The monoisotopic (exact) mass is 320 g/mol. The Morgan fingerprint density at radius 2 is 1.91 bits per heavy atom. The van der Waals surface area contributed by atoms with Crippen molar-refractivity contribution in [2.24, 2.45) is 0 Å². The van der Waals surface area contributed by atoms with Crippen LogP contribution < -0.4 is 20.3 Å². The number of amides is 2. The second kappa shape index (κ2) is 10.4. The Morgan fingerprint density at radius 1 is 1.22 bits per heavy atom. The van der Waals surface area contributed by atoms with Gasteiger partial charge in [0.15, 0.2) is 6.54 Å². The van der Waals surface area contributed by atoms with Gasteiger partial charge < -0.3 is 20.3 Å². The molecule has 126 valence electrons. The molecule has 0 saturated heterocycles. The first kappa shape index (κ1) is 18.7. The molecular weight excluding hydrogens is 294 g/mol. The summed E-state index contributed by atoms with van der Waals surface area (Å²) < 4.78 is 5.43. The second-order valence-electron chi connectivity index (χ2n) is 5.28. The molecule has 0 saturated carbocycles. The van der Waals surface area contributed by atoms with Gasteiger partial charge in [0.25, 0.3) is 5.91 Å². The van der Waals surface area contributed by atoms with Crippen LogP contribution in [0.4, 0.5) is 0 Å². The van der Waals surface area contributed by atoms with Gasteiger partial charge in [-0.2, -0.15) is 0 Å². The number of likely N-dealkylation sites (N-methyl/N-ethyl adjacent to an activating group) is 2. The van der Waals surface area contributed by atoms with Gasteiger partial charge in [0.05, 0.1) is 13.6 Å². The van der Waals surface area contributed by atoms with Gasteiger partial charge in [-0.1, -0.05) is 12.7 Å². The smallest absolute Gasteiger partial charge is 0.275 e. The topological polar surface area (TPSA) is 71.9 Å². The average Bonchev–Trinajstić information content (AvgIpc) is 2.52. The van der Waals surface area contributed by atoms with Crippen molar-refractivity contribution in [3.63, 3.8) is 0 Å². The predicted molar refractivity (Wildman–Crippen MR) is 89.3 cm³/mol. The number of carbonyl (C=O) groups excluding carboxylic acids is 2. The fourth-order valence-electron chi connectivity index (χ4n) is 2.04. The third-order valence-electron chi connectivity index (χ3n) is 3.08. The van der Waals surface area contributed by atoms with Crippen molar-refractivity contribution in [1.29, 1.82) is 0 Å². The van der Waals surface area contributed by atoms with Gasteiger partial charge in [-0.05, 0) is 31.2 Å². The first-order valence-electron chi connectivity index (χ1n) is 7.72. The lowest BCUT2D eigenvalue weighted by molar-refractivity contribution is -0.885. The first-order chi connectivity index (χ1) is 11.0. The summed E-state index contributed by atoms with van der Waals surface area (Å²) in [6.45, 7) is 7.54. The molecule has 1 aromatic carbocycles. The standard InChI is InChI=1S/C17H25N3O3/c1-4-10-23-15-8-6-14(7-9-15)12-20(3)13-17(22)19-11-16(21)18-5-2/h4,6-9H,1,5,10-13H2,2-3H3,(H,18,21)(H,19,22)/p+1. The van der Waals surface area contributed by atoms with Gasteiger partial charge in [0, 0.05) is 12.1 Å². The average molecular weight is 320 g/mol. The minimum atomic E-state index is -0.173. The molecule has 23 heavy (non-hydrogen) atoms. The zero-order valence-corrected chi connectivity index (χ0v) is 13.9. The third kappa shape index (κ3) is 8.01. The molecule has 1 atom stereocenters. The van der Waals surface area contributed by atoms with E-state index in [1.807, 2.05) is 38.2 Å². The number of ether oxygens (including phenoxy) is 1. The Bertz CT molecular complexity index is 514. The summed E-state index contributed by atoms with van der Waals surface area (Å²) in [6.07, 6.45) is 1.70. The number of hydrogen-bond donors (Lipinski definition) is 3. The molecule has 0 bridgehead atoms. The van der Waals surface area contributed by atoms with Crippen LogP contribution in [0.5, 0.6) is 5.75 Å². The molecule has 1 rings (SSSR count). The summed E-state index contributed by atoms with van der Waals surface area (Å²) >= 11 is 0. The van der Waals surface area contributed by atoms with E-state index < -0.39 is 0 Å². The van der Waals surface area contributed by atoms with Crippen LogP contribution in [0, 0.1) is 0 Å². The highest BCUT2D eigenvalue weighted by Gasteiger charge is 2.11. The lowest BCUT2D eigenvalue weighted by Crippen LogP contribution is -3.08. The van der Waals surface area contributed by atoms with Crippen LogP contribution in [-0.2, 0) is 16.1 Å². The lowest BCUT2D eigenvalue weighted by Gasteiger charge is -2.14. The van der Waals surface area contributed by atoms with E-state index in [0.717, 1.165) is 22.8 Å². The first-order valence-corrected chi connectivity index (χ1v) is 7.72. The molecule has 2 amide bonds. The number of nitrogens with one attached hydrogen (secondary N) is 3. The van der Waals surface area contributed by atoms with Gasteiger partial charge in [-0.25, -0.2) is 0 Å². The van der Waals surface area contributed by atoms with Gasteiger partial charge >= 0.3 is 0 Å². The van der Waals surface area contributed by atoms with Crippen LogP contribution in [0.25, 0.3) is 0 Å². The van der Waals surface area contributed by atoms with Crippen molar-refractivity contribution in [2.75, 3.05) is 33.3 Å². The minimum Gasteiger partial charge on any atom is -0.490 e. The highest BCUT2D eigenvalue weighted by atomic mass is 16.5. The summed E-state index contributed by atoms with van der Waals surface area (Å²) in [4.78, 5) is 24.1. The summed E-state index contributed by atoms with van der Waals surface area (Å²) in [6, 6.07) is 7.77. The number of benzene rings is 1. The van der Waals surface area contributed by atoms with Crippen LogP contribution in [0.2, 0.25) is 0 Å². The van der Waals surface area contributed by atoms with Crippen molar-refractivity contribution in [3.8, 4) is 5.75 Å². The van der Waals surface area contributed by atoms with E-state index in [0.29, 0.717) is 19.7 Å². The van der Waals surface area contributed by atoms with Crippen LogP contribution in [0.1, 0.15) is 12.5 Å². The fraction of sp³-hybridized carbons (Fsp3) is 0.412. The number of quaternary nitrogens is 1. The Labute approximate surface area is 137 Å². The maximum atomic E-state index is 11.8. The molecule has 6 heteroatoms. The van der Waals surface area contributed by atoms with Crippen LogP contribution in [0.3, 0.4) is 0 Å². The number of carbonyl (C=O) groups is 2. The molecule has 6 nitrogen and oxygen atoms in total. The Balaban J connectivity index is 2.34. The highest BCUT2D eigenvalue weighted by Crippen LogP contribution is 2.11. The zero-order chi connectivity index (χ0) is 17.1. The second-order valence-corrected chi connectivity index (χ2v) is 5.28. The minimum absolute atomic E-state index is 0.0231. The van der Waals surface area contributed by atoms with E-state index in [4.69, 9.17) is 4.74 Å². The largest absolute Gasteiger partial charge is 0.490 e. The van der Waals surface area contributed by atoms with Crippen molar-refractivity contribution in [3.05, 3.63) is 42.5 Å². The molecule has 0 fully saturated rings. The normalized spacial score (nSPS) is 11.4. The quantitative estimate of drug-likeness (QED) is 0.510. The molecule has 0 aliphatic rings. The third-order valence-corrected chi connectivity index (χ3v) is 3.08. The highest BCUT2D eigenvalue weighted by molar-refractivity contribution is 5.84. The van der Waals surface area contributed by atoms with E-state index in [2.05, 4.69) is 17.2 Å². The molecule has 0 aliphatic carbocycles. The van der Waals surface area contributed by atoms with E-state index in [1.54, 1.807) is 6.08 Å². The van der Waals surface area contributed by atoms with Crippen molar-refractivity contribution in [1.82, 2.24) is 10.6 Å². The van der Waals surface area contributed by atoms with Crippen LogP contribution in [-0.4, -0.2) is 45.1 Å². The molecule has 0 radical (unpaired) electrons. The van der Waals surface area contributed by atoms with Gasteiger partial charge in [-0.15, -0.1) is 0 Å². The molecule has 1 aromatic rings. The van der Waals surface area contributed by atoms with Crippen molar-refractivity contribution < 1.29 is 19.2 Å². The fourth-order valence-corrected chi connectivity index (χ4v) is 2.04. The Morgan fingerprint density at radius 3 is 2.52 bits per heavy atom. The van der Waals surface area contributed by atoms with Crippen LogP contribution in [0.15, 0.2) is 36.9 Å². The summed E-state index contributed by atoms with van der Waals surface area (Å²) in [5, 5.41) is 5.25. The Hall–Kier alpha value is -2.34. The van der Waals surface area contributed by atoms with Gasteiger partial charge in [0.2, 0.25) is 5.91 Å². The summed E-state index contributed by atoms with van der Waals surface area (Å²) in [7, 11) is 1.94. The zero-order valence-electron chi connectivity index (χ0n) is 13.9. The molecule has 0 spiro atoms. The molecule has 1 unspecified atom stereocenters. The molecule has 3 N–H and O–H groups in total. The predicted octanol–water partition coefficient (Wildman–Crippen LogP) is -0.482. The number of rotatable bonds is 10. The van der Waals surface area contributed by atoms with E-state index in [9.17, 15) is 9.59 Å². The maximum absolute atomic E-state index is 11.8. The molecule has 0 aromatic heterocycles. The van der Waals surface area contributed by atoms with Crippen molar-refractivity contribution >= 4 is 11.8 Å². The Kier molecular flexibility index (Phi) is 8.46. The number of hydrogen-bond acceptors (Lipinski definition) is 3. The van der Waals surface area contributed by atoms with Crippen molar-refractivity contribution in [2.45, 2.75) is 13.5 Å². The van der Waals surface area contributed by atoms with Crippen LogP contribution >= 0.6 is 0 Å². The molecule has 0 aliphatic heterocycles.